The molecule has 0 radical (unpaired) electrons. The average molecular weight is 282 g/mol. The summed E-state index contributed by atoms with van der Waals surface area (Å²) in [5, 5.41) is 0. The average Bonchev–Trinajstić information content (AvgIpc) is 2.39. The van der Waals surface area contributed by atoms with Crippen LogP contribution in [0, 0.1) is 0 Å². The van der Waals surface area contributed by atoms with Crippen molar-refractivity contribution in [3.63, 3.8) is 0 Å². The van der Waals surface area contributed by atoms with Crippen LogP contribution in [0.25, 0.3) is 0 Å². The Labute approximate surface area is 117 Å². The fourth-order valence-electron chi connectivity index (χ4n) is 1.61. The van der Waals surface area contributed by atoms with Gasteiger partial charge in [0.15, 0.2) is 0 Å². The number of benzene rings is 1. The van der Waals surface area contributed by atoms with E-state index in [9.17, 15) is 9.59 Å². The van der Waals surface area contributed by atoms with Gasteiger partial charge in [0.1, 0.15) is 0 Å². The third kappa shape index (κ3) is 4.59. The Morgan fingerprint density at radius 1 is 1.16 bits per heavy atom. The van der Waals surface area contributed by atoms with Crippen LogP contribution in [-0.2, 0) is 20.7 Å². The first-order valence-electron chi connectivity index (χ1n) is 6.12. The van der Waals surface area contributed by atoms with Crippen LogP contribution in [0.15, 0.2) is 23.1 Å². The fourth-order valence-corrected chi connectivity index (χ4v) is 2.18. The summed E-state index contributed by atoms with van der Waals surface area (Å²) >= 11 is 1.47. The predicted octanol–water partition coefficient (Wildman–Crippen LogP) is 2.69. The molecule has 19 heavy (non-hydrogen) atoms. The van der Waals surface area contributed by atoms with Crippen molar-refractivity contribution in [1.29, 1.82) is 0 Å². The molecule has 0 bridgehead atoms. The van der Waals surface area contributed by atoms with Crippen LogP contribution in [0.2, 0.25) is 0 Å². The van der Waals surface area contributed by atoms with E-state index in [1.165, 1.54) is 11.8 Å². The highest BCUT2D eigenvalue weighted by molar-refractivity contribution is 7.98. The monoisotopic (exact) mass is 282 g/mol. The van der Waals surface area contributed by atoms with Crippen molar-refractivity contribution in [2.75, 3.05) is 19.5 Å². The largest absolute Gasteiger partial charge is 0.466 e. The number of carbonyl (C=O) groups is 2. The van der Waals surface area contributed by atoms with Crippen LogP contribution in [0.4, 0.5) is 0 Å². The van der Waals surface area contributed by atoms with E-state index in [0.29, 0.717) is 18.8 Å². The van der Waals surface area contributed by atoms with Gasteiger partial charge >= 0.3 is 11.9 Å². The Kier molecular flexibility index (Phi) is 6.42. The summed E-state index contributed by atoms with van der Waals surface area (Å²) in [5.74, 6) is -0.660. The lowest BCUT2D eigenvalue weighted by molar-refractivity contribution is -0.142. The van der Waals surface area contributed by atoms with Gasteiger partial charge in [0.2, 0.25) is 0 Å². The molecular formula is C14H18O4S. The van der Waals surface area contributed by atoms with Crippen molar-refractivity contribution in [2.45, 2.75) is 25.2 Å². The van der Waals surface area contributed by atoms with Crippen molar-refractivity contribution in [2.24, 2.45) is 0 Å². The molecule has 5 heteroatoms. The first-order chi connectivity index (χ1) is 9.12. The highest BCUT2D eigenvalue weighted by atomic mass is 32.2. The lowest BCUT2D eigenvalue weighted by Crippen LogP contribution is -2.10. The molecule has 0 saturated carbocycles. The number of hydrogen-bond acceptors (Lipinski definition) is 5. The van der Waals surface area contributed by atoms with Gasteiger partial charge in [-0.15, -0.1) is 11.8 Å². The summed E-state index contributed by atoms with van der Waals surface area (Å²) in [5.41, 5.74) is 1.25. The standard InChI is InChI=1S/C14H18O4S/c1-4-17-13(15)9-10-6-7-12(19-3)11(8-10)14(16)18-5-2/h6-8H,4-5,9H2,1-3H3. The molecule has 104 valence electrons. The topological polar surface area (TPSA) is 52.6 Å². The fraction of sp³-hybridized carbons (Fsp3) is 0.429. The summed E-state index contributed by atoms with van der Waals surface area (Å²) in [6, 6.07) is 5.34. The van der Waals surface area contributed by atoms with E-state index in [-0.39, 0.29) is 18.4 Å². The molecular weight excluding hydrogens is 264 g/mol. The van der Waals surface area contributed by atoms with E-state index in [0.717, 1.165) is 10.5 Å². The van der Waals surface area contributed by atoms with Crippen molar-refractivity contribution in [3.8, 4) is 0 Å². The molecule has 0 unspecified atom stereocenters. The Hall–Kier alpha value is -1.49. The maximum Gasteiger partial charge on any atom is 0.339 e. The molecule has 4 nitrogen and oxygen atoms in total. The van der Waals surface area contributed by atoms with Crippen molar-refractivity contribution in [1.82, 2.24) is 0 Å². The molecule has 0 spiro atoms. The van der Waals surface area contributed by atoms with Gasteiger partial charge in [0.25, 0.3) is 0 Å². The Morgan fingerprint density at radius 3 is 2.42 bits per heavy atom. The molecule has 1 aromatic carbocycles. The molecule has 0 aliphatic carbocycles. The molecule has 0 aliphatic heterocycles. The van der Waals surface area contributed by atoms with E-state index < -0.39 is 0 Å². The smallest absolute Gasteiger partial charge is 0.339 e. The van der Waals surface area contributed by atoms with Gasteiger partial charge in [-0.1, -0.05) is 6.07 Å². The third-order valence-corrected chi connectivity index (χ3v) is 3.21. The van der Waals surface area contributed by atoms with Crippen LogP contribution in [-0.4, -0.2) is 31.4 Å². The molecule has 0 N–H and O–H groups in total. The highest BCUT2D eigenvalue weighted by Gasteiger charge is 2.14. The quantitative estimate of drug-likeness (QED) is 0.593. The predicted molar refractivity (Wildman–Crippen MR) is 74.5 cm³/mol. The van der Waals surface area contributed by atoms with Crippen LogP contribution in [0.1, 0.15) is 29.8 Å². The normalized spacial score (nSPS) is 10.1. The van der Waals surface area contributed by atoms with Gasteiger partial charge < -0.3 is 9.47 Å². The molecule has 0 amide bonds. The zero-order valence-electron chi connectivity index (χ0n) is 11.4. The lowest BCUT2D eigenvalue weighted by Gasteiger charge is -2.09. The van der Waals surface area contributed by atoms with Gasteiger partial charge in [0, 0.05) is 4.90 Å². The number of rotatable bonds is 6. The van der Waals surface area contributed by atoms with Gasteiger partial charge in [-0.2, -0.15) is 0 Å². The molecule has 0 atom stereocenters. The molecule has 0 aliphatic rings. The SMILES string of the molecule is CCOC(=O)Cc1ccc(SC)c(C(=O)OCC)c1. The Balaban J connectivity index is 2.94. The Bertz CT molecular complexity index is 457. The number of hydrogen-bond donors (Lipinski definition) is 0. The minimum Gasteiger partial charge on any atom is -0.466 e. The lowest BCUT2D eigenvalue weighted by atomic mass is 10.1. The zero-order valence-corrected chi connectivity index (χ0v) is 12.2. The van der Waals surface area contributed by atoms with Crippen molar-refractivity contribution >= 4 is 23.7 Å². The summed E-state index contributed by atoms with van der Waals surface area (Å²) < 4.78 is 9.90. The van der Waals surface area contributed by atoms with E-state index in [1.54, 1.807) is 19.9 Å². The van der Waals surface area contributed by atoms with Crippen LogP contribution in [0.3, 0.4) is 0 Å². The maximum absolute atomic E-state index is 11.8. The highest BCUT2D eigenvalue weighted by Crippen LogP contribution is 2.23. The molecule has 0 fully saturated rings. The number of carbonyl (C=O) groups excluding carboxylic acids is 2. The molecule has 1 rings (SSSR count). The molecule has 1 aromatic rings. The van der Waals surface area contributed by atoms with E-state index in [1.807, 2.05) is 18.4 Å². The van der Waals surface area contributed by atoms with Gasteiger partial charge in [-0.05, 0) is 37.8 Å². The van der Waals surface area contributed by atoms with Crippen LogP contribution in [0.5, 0.6) is 0 Å². The first kappa shape index (κ1) is 15.6. The van der Waals surface area contributed by atoms with Crippen LogP contribution >= 0.6 is 11.8 Å². The summed E-state index contributed by atoms with van der Waals surface area (Å²) in [6.07, 6.45) is 2.05. The van der Waals surface area contributed by atoms with E-state index in [4.69, 9.17) is 9.47 Å². The van der Waals surface area contributed by atoms with Crippen molar-refractivity contribution < 1.29 is 19.1 Å². The van der Waals surface area contributed by atoms with E-state index in [2.05, 4.69) is 0 Å². The summed E-state index contributed by atoms with van der Waals surface area (Å²) in [4.78, 5) is 24.1. The second-order valence-corrected chi connectivity index (χ2v) is 4.58. The van der Waals surface area contributed by atoms with Gasteiger partial charge in [-0.25, -0.2) is 4.79 Å². The first-order valence-corrected chi connectivity index (χ1v) is 7.34. The summed E-state index contributed by atoms with van der Waals surface area (Å²) in [6.45, 7) is 4.21. The van der Waals surface area contributed by atoms with Crippen LogP contribution < -0.4 is 0 Å². The minimum absolute atomic E-state index is 0.162. The van der Waals surface area contributed by atoms with Crippen molar-refractivity contribution in [3.05, 3.63) is 29.3 Å². The number of ether oxygens (including phenoxy) is 2. The molecule has 0 heterocycles. The number of esters is 2. The van der Waals surface area contributed by atoms with E-state index >= 15 is 0 Å². The Morgan fingerprint density at radius 2 is 1.84 bits per heavy atom. The van der Waals surface area contributed by atoms with Gasteiger partial charge in [0.05, 0.1) is 25.2 Å². The summed E-state index contributed by atoms with van der Waals surface area (Å²) in [7, 11) is 0. The zero-order chi connectivity index (χ0) is 14.3. The molecule has 0 saturated heterocycles. The van der Waals surface area contributed by atoms with Gasteiger partial charge in [-0.3, -0.25) is 4.79 Å². The second kappa shape index (κ2) is 7.84. The maximum atomic E-state index is 11.8. The minimum atomic E-state index is -0.363. The third-order valence-electron chi connectivity index (χ3n) is 2.41. The molecule has 0 aromatic heterocycles. The number of thioether (sulfide) groups is 1. The second-order valence-electron chi connectivity index (χ2n) is 3.74.